The van der Waals surface area contributed by atoms with E-state index in [1.165, 1.54) is 0 Å². The standard InChI is InChI=1S/C16H23O5PS/c1-3-16(4-2,22(17,18)19)21-13-10-11-15(12-13)23(20)14-8-6-5-7-9-14/h5-11,13,15H,3-4,12H2,1-2H3,(H2,17,18,19). The SMILES string of the molecule is CCC(CC)(OC1C=CC([S+]([O-])c2ccccc2)C1)P(=O)(O)O. The monoisotopic (exact) mass is 358 g/mol. The third kappa shape index (κ3) is 4.08. The molecule has 3 unspecified atom stereocenters. The number of hydrogen-bond acceptors (Lipinski definition) is 3. The number of benzene rings is 1. The van der Waals surface area contributed by atoms with Gasteiger partial charge < -0.3 is 19.1 Å². The highest BCUT2D eigenvalue weighted by atomic mass is 32.2. The van der Waals surface area contributed by atoms with Crippen molar-refractivity contribution in [2.24, 2.45) is 0 Å². The first-order chi connectivity index (χ1) is 10.8. The van der Waals surface area contributed by atoms with E-state index < -0.39 is 30.2 Å². The molecule has 5 nitrogen and oxygen atoms in total. The topological polar surface area (TPSA) is 89.8 Å². The third-order valence-electron chi connectivity index (χ3n) is 4.26. The normalized spacial score (nSPS) is 23.2. The zero-order valence-corrected chi connectivity index (χ0v) is 15.0. The summed E-state index contributed by atoms with van der Waals surface area (Å²) in [5.74, 6) is 0. The lowest BCUT2D eigenvalue weighted by molar-refractivity contribution is -0.0383. The van der Waals surface area contributed by atoms with Crippen LogP contribution in [0.2, 0.25) is 0 Å². The van der Waals surface area contributed by atoms with Crippen LogP contribution in [0.4, 0.5) is 0 Å². The first-order valence-corrected chi connectivity index (χ1v) is 10.5. The molecule has 2 rings (SSSR count). The van der Waals surface area contributed by atoms with E-state index >= 15 is 0 Å². The Morgan fingerprint density at radius 3 is 2.39 bits per heavy atom. The summed E-state index contributed by atoms with van der Waals surface area (Å²) in [6.45, 7) is 3.42. The van der Waals surface area contributed by atoms with Crippen molar-refractivity contribution < 1.29 is 23.6 Å². The quantitative estimate of drug-likeness (QED) is 0.444. The Kier molecular flexibility index (Phi) is 6.11. The van der Waals surface area contributed by atoms with E-state index in [0.29, 0.717) is 6.42 Å². The lowest BCUT2D eigenvalue weighted by Crippen LogP contribution is -2.35. The van der Waals surface area contributed by atoms with Crippen LogP contribution in [0, 0.1) is 0 Å². The highest BCUT2D eigenvalue weighted by Gasteiger charge is 2.47. The molecule has 3 atom stereocenters. The van der Waals surface area contributed by atoms with Gasteiger partial charge in [-0.1, -0.05) is 38.1 Å². The summed E-state index contributed by atoms with van der Waals surface area (Å²) >= 11 is -1.19. The van der Waals surface area contributed by atoms with E-state index in [1.807, 2.05) is 36.4 Å². The number of hydrogen-bond donors (Lipinski definition) is 2. The first-order valence-electron chi connectivity index (χ1n) is 7.70. The minimum Gasteiger partial charge on any atom is -0.611 e. The van der Waals surface area contributed by atoms with Crippen LogP contribution in [0.25, 0.3) is 0 Å². The molecule has 0 bridgehead atoms. The van der Waals surface area contributed by atoms with Crippen molar-refractivity contribution in [2.45, 2.75) is 54.7 Å². The van der Waals surface area contributed by atoms with Crippen molar-refractivity contribution in [1.29, 1.82) is 0 Å². The van der Waals surface area contributed by atoms with Gasteiger partial charge in [0.15, 0.2) is 10.2 Å². The Morgan fingerprint density at radius 1 is 1.26 bits per heavy atom. The van der Waals surface area contributed by atoms with Crippen LogP contribution in [0.1, 0.15) is 33.1 Å². The maximum absolute atomic E-state index is 12.5. The van der Waals surface area contributed by atoms with Gasteiger partial charge in [0.2, 0.25) is 0 Å². The van der Waals surface area contributed by atoms with Crippen LogP contribution in [-0.4, -0.2) is 31.0 Å². The minimum absolute atomic E-state index is 0.203. The maximum atomic E-state index is 12.5. The smallest absolute Gasteiger partial charge is 0.357 e. The van der Waals surface area contributed by atoms with Gasteiger partial charge in [-0.2, -0.15) is 0 Å². The van der Waals surface area contributed by atoms with E-state index in [2.05, 4.69) is 0 Å². The molecule has 0 saturated heterocycles. The molecule has 2 N–H and O–H groups in total. The van der Waals surface area contributed by atoms with Crippen LogP contribution in [0.5, 0.6) is 0 Å². The first kappa shape index (κ1) is 18.7. The van der Waals surface area contributed by atoms with Gasteiger partial charge in [-0.15, -0.1) is 0 Å². The molecule has 0 aliphatic heterocycles. The molecular formula is C16H23O5PS. The van der Waals surface area contributed by atoms with E-state index in [4.69, 9.17) is 4.74 Å². The molecular weight excluding hydrogens is 335 g/mol. The van der Waals surface area contributed by atoms with Gasteiger partial charge in [0.1, 0.15) is 5.25 Å². The Hall–Kier alpha value is -0.620. The van der Waals surface area contributed by atoms with Gasteiger partial charge in [-0.3, -0.25) is 4.57 Å². The summed E-state index contributed by atoms with van der Waals surface area (Å²) in [5, 5.41) is -1.67. The minimum atomic E-state index is -4.39. The lowest BCUT2D eigenvalue weighted by atomic mass is 10.2. The average molecular weight is 358 g/mol. The molecule has 0 radical (unpaired) electrons. The van der Waals surface area contributed by atoms with Gasteiger partial charge in [-0.25, -0.2) is 0 Å². The zero-order chi connectivity index (χ0) is 17.1. The fourth-order valence-corrected chi connectivity index (χ4v) is 5.26. The number of rotatable bonds is 7. The van der Waals surface area contributed by atoms with E-state index in [1.54, 1.807) is 19.9 Å². The van der Waals surface area contributed by atoms with Gasteiger partial charge >= 0.3 is 7.60 Å². The Labute approximate surface area is 140 Å². The van der Waals surface area contributed by atoms with Crippen molar-refractivity contribution >= 4 is 18.8 Å². The van der Waals surface area contributed by atoms with Crippen molar-refractivity contribution in [1.82, 2.24) is 0 Å². The third-order valence-corrected chi connectivity index (χ3v) is 7.70. The molecule has 23 heavy (non-hydrogen) atoms. The zero-order valence-electron chi connectivity index (χ0n) is 13.3. The van der Waals surface area contributed by atoms with Crippen molar-refractivity contribution in [2.75, 3.05) is 0 Å². The Bertz CT molecular complexity index is 581. The van der Waals surface area contributed by atoms with Gasteiger partial charge in [0.25, 0.3) is 0 Å². The lowest BCUT2D eigenvalue weighted by Gasteiger charge is -2.34. The molecule has 0 spiro atoms. The van der Waals surface area contributed by atoms with Crippen LogP contribution >= 0.6 is 7.60 Å². The summed E-state index contributed by atoms with van der Waals surface area (Å²) in [6.07, 6.45) is 4.07. The molecule has 1 aromatic carbocycles. The second kappa shape index (κ2) is 7.51. The summed E-state index contributed by atoms with van der Waals surface area (Å²) in [5.41, 5.74) is 0. The van der Waals surface area contributed by atoms with Crippen LogP contribution < -0.4 is 0 Å². The summed E-state index contributed by atoms with van der Waals surface area (Å²) in [6, 6.07) is 9.18. The molecule has 0 fully saturated rings. The molecule has 1 aliphatic carbocycles. The number of ether oxygens (including phenoxy) is 1. The van der Waals surface area contributed by atoms with Gasteiger partial charge in [-0.05, 0) is 42.2 Å². The van der Waals surface area contributed by atoms with Gasteiger partial charge in [0.05, 0.1) is 6.10 Å². The van der Waals surface area contributed by atoms with Crippen molar-refractivity contribution in [3.8, 4) is 0 Å². The summed E-state index contributed by atoms with van der Waals surface area (Å²) in [4.78, 5) is 20.0. The van der Waals surface area contributed by atoms with Crippen LogP contribution in [0.15, 0.2) is 47.4 Å². The van der Waals surface area contributed by atoms with E-state index in [-0.39, 0.29) is 18.1 Å². The maximum Gasteiger partial charge on any atom is 0.357 e. The average Bonchev–Trinajstić information content (AvgIpc) is 3.00. The van der Waals surface area contributed by atoms with Crippen molar-refractivity contribution in [3.63, 3.8) is 0 Å². The fourth-order valence-electron chi connectivity index (χ4n) is 2.79. The summed E-state index contributed by atoms with van der Waals surface area (Å²) in [7, 11) is -4.39. The molecule has 128 valence electrons. The van der Waals surface area contributed by atoms with E-state index in [0.717, 1.165) is 4.90 Å². The highest BCUT2D eigenvalue weighted by Crippen LogP contribution is 2.56. The fraction of sp³-hybridized carbons (Fsp3) is 0.500. The molecule has 0 aromatic heterocycles. The second-order valence-corrected chi connectivity index (χ2v) is 9.20. The Balaban J connectivity index is 2.06. The predicted molar refractivity (Wildman–Crippen MR) is 90.6 cm³/mol. The predicted octanol–water partition coefficient (Wildman–Crippen LogP) is 3.20. The van der Waals surface area contributed by atoms with Gasteiger partial charge in [0, 0.05) is 6.42 Å². The Morgan fingerprint density at radius 2 is 1.87 bits per heavy atom. The molecule has 7 heteroatoms. The summed E-state index contributed by atoms with van der Waals surface area (Å²) < 4.78 is 30.2. The van der Waals surface area contributed by atoms with Crippen LogP contribution in [0.3, 0.4) is 0 Å². The molecule has 0 saturated carbocycles. The highest BCUT2D eigenvalue weighted by molar-refractivity contribution is 7.92. The second-order valence-electron chi connectivity index (χ2n) is 5.62. The molecule has 1 aromatic rings. The largest absolute Gasteiger partial charge is 0.611 e. The molecule has 0 heterocycles. The molecule has 1 aliphatic rings. The van der Waals surface area contributed by atoms with E-state index in [9.17, 15) is 18.9 Å². The van der Waals surface area contributed by atoms with Crippen molar-refractivity contribution in [3.05, 3.63) is 42.5 Å². The molecule has 0 amide bonds. The van der Waals surface area contributed by atoms with Crippen LogP contribution in [-0.2, 0) is 20.5 Å².